The van der Waals surface area contributed by atoms with Crippen LogP contribution in [-0.2, 0) is 0 Å². The number of rotatable bonds is 5. The van der Waals surface area contributed by atoms with Gasteiger partial charge in [0.1, 0.15) is 10.7 Å². The van der Waals surface area contributed by atoms with E-state index < -0.39 is 0 Å². The van der Waals surface area contributed by atoms with Crippen LogP contribution in [0.3, 0.4) is 0 Å². The van der Waals surface area contributed by atoms with Gasteiger partial charge in [-0.05, 0) is 18.2 Å². The second-order valence-electron chi connectivity index (χ2n) is 4.55. The van der Waals surface area contributed by atoms with Crippen molar-refractivity contribution in [2.45, 2.75) is 0 Å². The maximum absolute atomic E-state index is 12.1. The number of methoxy groups -OCH3 is 2. The van der Waals surface area contributed by atoms with E-state index in [1.54, 1.807) is 31.9 Å². The smallest absolute Gasteiger partial charge is 0.275 e. The molecule has 0 radical (unpaired) electrons. The monoisotopic (exact) mass is 330 g/mol. The van der Waals surface area contributed by atoms with Crippen molar-refractivity contribution >= 4 is 22.9 Å². The molecule has 23 heavy (non-hydrogen) atoms. The highest BCUT2D eigenvalue weighted by Gasteiger charge is 2.14. The number of anilines is 1. The fourth-order valence-electron chi connectivity index (χ4n) is 1.99. The molecule has 0 spiro atoms. The molecule has 3 rings (SSSR count). The summed E-state index contributed by atoms with van der Waals surface area (Å²) in [5, 5.41) is 11.6. The lowest BCUT2D eigenvalue weighted by atomic mass is 10.2. The van der Waals surface area contributed by atoms with Crippen LogP contribution in [0.2, 0.25) is 0 Å². The van der Waals surface area contributed by atoms with Crippen molar-refractivity contribution < 1.29 is 14.3 Å². The fraction of sp³-hybridized carbons (Fsp3) is 0.133. The molecule has 0 atom stereocenters. The Kier molecular flexibility index (Phi) is 4.24. The average molecular weight is 330 g/mol. The van der Waals surface area contributed by atoms with Crippen LogP contribution >= 0.6 is 11.3 Å². The van der Waals surface area contributed by atoms with Crippen LogP contribution in [0.1, 0.15) is 10.5 Å². The molecular weight excluding hydrogens is 316 g/mol. The van der Waals surface area contributed by atoms with Crippen molar-refractivity contribution in [1.82, 2.24) is 15.2 Å². The third kappa shape index (κ3) is 3.16. The summed E-state index contributed by atoms with van der Waals surface area (Å²) in [4.78, 5) is 16.5. The lowest BCUT2D eigenvalue weighted by Gasteiger charge is -2.08. The summed E-state index contributed by atoms with van der Waals surface area (Å²) in [7, 11) is 3.16. The van der Waals surface area contributed by atoms with Crippen LogP contribution in [-0.4, -0.2) is 35.3 Å². The van der Waals surface area contributed by atoms with E-state index in [2.05, 4.69) is 20.5 Å². The van der Waals surface area contributed by atoms with Gasteiger partial charge in [0.2, 0.25) is 0 Å². The second kappa shape index (κ2) is 6.49. The zero-order chi connectivity index (χ0) is 16.2. The number of aromatic amines is 1. The molecular formula is C15H14N4O3S. The summed E-state index contributed by atoms with van der Waals surface area (Å²) < 4.78 is 10.5. The molecule has 1 amide bonds. The van der Waals surface area contributed by atoms with Gasteiger partial charge in [0.05, 0.1) is 26.1 Å². The van der Waals surface area contributed by atoms with Gasteiger partial charge >= 0.3 is 0 Å². The minimum Gasteiger partial charge on any atom is -0.493 e. The number of hydrogen-bond donors (Lipinski definition) is 2. The van der Waals surface area contributed by atoms with E-state index in [9.17, 15) is 4.79 Å². The Hall–Kier alpha value is -2.87. The van der Waals surface area contributed by atoms with Crippen molar-refractivity contribution in [2.75, 3.05) is 19.5 Å². The summed E-state index contributed by atoms with van der Waals surface area (Å²) in [6.45, 7) is 0. The molecule has 0 saturated carbocycles. The number of benzene rings is 1. The molecule has 8 heteroatoms. The predicted octanol–water partition coefficient (Wildman–Crippen LogP) is 2.80. The van der Waals surface area contributed by atoms with Crippen molar-refractivity contribution in [1.29, 1.82) is 0 Å². The van der Waals surface area contributed by atoms with Crippen LogP contribution in [0.4, 0.5) is 5.69 Å². The van der Waals surface area contributed by atoms with Gasteiger partial charge in [-0.1, -0.05) is 0 Å². The second-order valence-corrected chi connectivity index (χ2v) is 5.41. The van der Waals surface area contributed by atoms with Crippen molar-refractivity contribution in [3.8, 4) is 22.1 Å². The Morgan fingerprint density at radius 1 is 1.26 bits per heavy atom. The van der Waals surface area contributed by atoms with Crippen molar-refractivity contribution in [3.63, 3.8) is 0 Å². The van der Waals surface area contributed by atoms with Gasteiger partial charge in [-0.3, -0.25) is 9.89 Å². The molecule has 0 bridgehead atoms. The van der Waals surface area contributed by atoms with Gasteiger partial charge in [-0.25, -0.2) is 4.98 Å². The standard InChI is InChI=1S/C15H14N4O3S/c1-21-12-4-3-9(5-13(12)22-2)15-19-11(8-23-15)14(20)18-10-6-16-17-7-10/h3-8H,1-2H3,(H,16,17)(H,18,20). The quantitative estimate of drug-likeness (QED) is 0.751. The topological polar surface area (TPSA) is 89.1 Å². The Bertz CT molecular complexity index is 814. The maximum atomic E-state index is 12.1. The number of amides is 1. The molecule has 2 aromatic heterocycles. The van der Waals surface area contributed by atoms with Crippen LogP contribution < -0.4 is 14.8 Å². The van der Waals surface area contributed by atoms with Gasteiger partial charge in [0, 0.05) is 17.1 Å². The van der Waals surface area contributed by atoms with Crippen LogP contribution in [0.25, 0.3) is 10.6 Å². The first-order valence-electron chi connectivity index (χ1n) is 6.69. The molecule has 0 fully saturated rings. The van der Waals surface area contributed by atoms with Gasteiger partial charge in [0.15, 0.2) is 11.5 Å². The van der Waals surface area contributed by atoms with E-state index in [0.29, 0.717) is 22.9 Å². The van der Waals surface area contributed by atoms with Crippen molar-refractivity contribution in [2.24, 2.45) is 0 Å². The Morgan fingerprint density at radius 2 is 2.09 bits per heavy atom. The summed E-state index contributed by atoms with van der Waals surface area (Å²) in [6.07, 6.45) is 3.12. The molecule has 2 heterocycles. The first-order valence-corrected chi connectivity index (χ1v) is 7.57. The summed E-state index contributed by atoms with van der Waals surface area (Å²) in [5.74, 6) is 0.977. The van der Waals surface area contributed by atoms with E-state index in [4.69, 9.17) is 9.47 Å². The number of hydrogen-bond acceptors (Lipinski definition) is 6. The van der Waals surface area contributed by atoms with E-state index in [1.807, 2.05) is 12.1 Å². The summed E-state index contributed by atoms with van der Waals surface area (Å²) in [6, 6.07) is 5.51. The number of ether oxygens (including phenoxy) is 2. The highest BCUT2D eigenvalue weighted by molar-refractivity contribution is 7.13. The van der Waals surface area contributed by atoms with E-state index in [1.165, 1.54) is 17.5 Å². The minimum absolute atomic E-state index is 0.283. The normalized spacial score (nSPS) is 10.3. The highest BCUT2D eigenvalue weighted by Crippen LogP contribution is 2.33. The predicted molar refractivity (Wildman–Crippen MR) is 87.2 cm³/mol. The number of nitrogens with zero attached hydrogens (tertiary/aromatic N) is 2. The Labute approximate surface area is 136 Å². The minimum atomic E-state index is -0.283. The summed E-state index contributed by atoms with van der Waals surface area (Å²) >= 11 is 1.38. The van der Waals surface area contributed by atoms with Crippen LogP contribution in [0, 0.1) is 0 Å². The van der Waals surface area contributed by atoms with E-state index in [-0.39, 0.29) is 5.91 Å². The largest absolute Gasteiger partial charge is 0.493 e. The molecule has 7 nitrogen and oxygen atoms in total. The van der Waals surface area contributed by atoms with Gasteiger partial charge < -0.3 is 14.8 Å². The summed E-state index contributed by atoms with van der Waals surface area (Å²) in [5.41, 5.74) is 1.80. The lowest BCUT2D eigenvalue weighted by Crippen LogP contribution is -2.11. The number of thiazole rings is 1. The molecule has 1 aromatic carbocycles. The zero-order valence-electron chi connectivity index (χ0n) is 12.5. The van der Waals surface area contributed by atoms with Crippen LogP contribution in [0.15, 0.2) is 36.0 Å². The molecule has 0 aliphatic carbocycles. The SMILES string of the molecule is COc1ccc(-c2nc(C(=O)Nc3cn[nH]c3)cs2)cc1OC. The number of carbonyl (C=O) groups excluding carboxylic acids is 1. The Balaban J connectivity index is 1.82. The zero-order valence-corrected chi connectivity index (χ0v) is 13.3. The van der Waals surface area contributed by atoms with Crippen LogP contribution in [0.5, 0.6) is 11.5 Å². The molecule has 0 saturated heterocycles. The number of aromatic nitrogens is 3. The maximum Gasteiger partial charge on any atom is 0.275 e. The first-order chi connectivity index (χ1) is 11.2. The molecule has 0 unspecified atom stereocenters. The average Bonchev–Trinajstić information content (AvgIpc) is 3.25. The first kappa shape index (κ1) is 15.0. The van der Waals surface area contributed by atoms with Gasteiger partial charge in [0.25, 0.3) is 5.91 Å². The molecule has 2 N–H and O–H groups in total. The molecule has 3 aromatic rings. The van der Waals surface area contributed by atoms with Crippen molar-refractivity contribution in [3.05, 3.63) is 41.7 Å². The highest BCUT2D eigenvalue weighted by atomic mass is 32.1. The van der Waals surface area contributed by atoms with E-state index in [0.717, 1.165) is 10.6 Å². The Morgan fingerprint density at radius 3 is 2.78 bits per heavy atom. The van der Waals surface area contributed by atoms with E-state index >= 15 is 0 Å². The van der Waals surface area contributed by atoms with Gasteiger partial charge in [-0.2, -0.15) is 5.10 Å². The lowest BCUT2D eigenvalue weighted by molar-refractivity contribution is 0.102. The third-order valence-electron chi connectivity index (χ3n) is 3.12. The fourth-order valence-corrected chi connectivity index (χ4v) is 2.79. The molecule has 118 valence electrons. The van der Waals surface area contributed by atoms with Gasteiger partial charge in [-0.15, -0.1) is 11.3 Å². The molecule has 0 aliphatic heterocycles. The third-order valence-corrected chi connectivity index (χ3v) is 4.01. The number of nitrogens with one attached hydrogen (secondary N) is 2. The number of H-pyrrole nitrogens is 1. The molecule has 0 aliphatic rings. The number of carbonyl (C=O) groups is 1.